The first kappa shape index (κ1) is 14.5. The first-order valence-electron chi connectivity index (χ1n) is 5.83. The quantitative estimate of drug-likeness (QED) is 0.739. The van der Waals surface area contributed by atoms with E-state index in [1.807, 2.05) is 6.92 Å². The number of ether oxygens (including phenoxy) is 1. The lowest BCUT2D eigenvalue weighted by Crippen LogP contribution is -2.13. The average Bonchev–Trinajstić information content (AvgIpc) is 2.34. The Morgan fingerprint density at radius 1 is 1.44 bits per heavy atom. The van der Waals surface area contributed by atoms with Crippen LogP contribution in [-0.4, -0.2) is 35.6 Å². The van der Waals surface area contributed by atoms with Crippen molar-refractivity contribution in [2.45, 2.75) is 20.3 Å². The second-order valence-electron chi connectivity index (χ2n) is 3.40. The van der Waals surface area contributed by atoms with Crippen LogP contribution in [0.5, 0.6) is 0 Å². The van der Waals surface area contributed by atoms with Crippen LogP contribution in [0.1, 0.15) is 20.3 Å². The van der Waals surface area contributed by atoms with Crippen LogP contribution in [0.3, 0.4) is 0 Å². The summed E-state index contributed by atoms with van der Waals surface area (Å²) in [6, 6.07) is 0. The van der Waals surface area contributed by atoms with Gasteiger partial charge >= 0.3 is 5.97 Å². The lowest BCUT2D eigenvalue weighted by atomic mass is 10.4. The molecule has 1 aromatic rings. The Kier molecular flexibility index (Phi) is 6.21. The molecule has 0 fully saturated rings. The van der Waals surface area contributed by atoms with E-state index in [1.165, 1.54) is 6.20 Å². The summed E-state index contributed by atoms with van der Waals surface area (Å²) in [5, 5.41) is 6.38. The molecule has 7 heteroatoms. The van der Waals surface area contributed by atoms with Crippen molar-refractivity contribution < 1.29 is 9.53 Å². The highest BCUT2D eigenvalue weighted by atomic mass is 35.5. The highest BCUT2D eigenvalue weighted by Crippen LogP contribution is 2.19. The molecule has 0 aliphatic heterocycles. The van der Waals surface area contributed by atoms with E-state index in [9.17, 15) is 4.79 Å². The lowest BCUT2D eigenvalue weighted by Gasteiger charge is -2.08. The molecule has 0 amide bonds. The van der Waals surface area contributed by atoms with Gasteiger partial charge in [-0.3, -0.25) is 4.79 Å². The van der Waals surface area contributed by atoms with Crippen molar-refractivity contribution in [2.24, 2.45) is 0 Å². The molecule has 1 rings (SSSR count). The van der Waals surface area contributed by atoms with Crippen molar-refractivity contribution in [1.29, 1.82) is 0 Å². The zero-order chi connectivity index (χ0) is 13.4. The maximum atomic E-state index is 11.1. The smallest absolute Gasteiger partial charge is 0.307 e. The third-order valence-electron chi connectivity index (χ3n) is 2.01. The molecule has 0 spiro atoms. The molecular weight excluding hydrogens is 256 g/mol. The molecule has 0 bridgehead atoms. The molecule has 6 nitrogen and oxygen atoms in total. The van der Waals surface area contributed by atoms with Crippen LogP contribution in [0.15, 0.2) is 6.20 Å². The van der Waals surface area contributed by atoms with Crippen LogP contribution in [0.2, 0.25) is 5.02 Å². The number of nitrogens with zero attached hydrogens (tertiary/aromatic N) is 2. The fourth-order valence-electron chi connectivity index (χ4n) is 1.25. The van der Waals surface area contributed by atoms with Crippen molar-refractivity contribution in [3.63, 3.8) is 0 Å². The Labute approximate surface area is 111 Å². The van der Waals surface area contributed by atoms with E-state index < -0.39 is 0 Å². The molecule has 0 aliphatic rings. The van der Waals surface area contributed by atoms with Gasteiger partial charge in [0.15, 0.2) is 5.82 Å². The molecule has 1 heterocycles. The van der Waals surface area contributed by atoms with E-state index in [0.29, 0.717) is 29.9 Å². The summed E-state index contributed by atoms with van der Waals surface area (Å²) >= 11 is 5.94. The average molecular weight is 273 g/mol. The predicted molar refractivity (Wildman–Crippen MR) is 70.9 cm³/mol. The minimum Gasteiger partial charge on any atom is -0.466 e. The lowest BCUT2D eigenvalue weighted by molar-refractivity contribution is -0.142. The van der Waals surface area contributed by atoms with Gasteiger partial charge in [-0.05, 0) is 13.8 Å². The first-order valence-corrected chi connectivity index (χ1v) is 6.21. The number of hydrogen-bond acceptors (Lipinski definition) is 6. The third kappa shape index (κ3) is 4.75. The fraction of sp³-hybridized carbons (Fsp3) is 0.545. The van der Waals surface area contributed by atoms with Crippen LogP contribution in [-0.2, 0) is 9.53 Å². The Morgan fingerprint density at radius 2 is 2.22 bits per heavy atom. The van der Waals surface area contributed by atoms with Gasteiger partial charge in [0.2, 0.25) is 5.95 Å². The molecular formula is C11H17ClN4O2. The largest absolute Gasteiger partial charge is 0.466 e. The molecule has 0 aliphatic carbocycles. The number of halogens is 1. The molecule has 0 radical (unpaired) electrons. The second kappa shape index (κ2) is 7.71. The maximum Gasteiger partial charge on any atom is 0.307 e. The Morgan fingerprint density at radius 3 is 2.89 bits per heavy atom. The summed E-state index contributed by atoms with van der Waals surface area (Å²) in [5.74, 6) is 0.759. The van der Waals surface area contributed by atoms with Crippen LogP contribution >= 0.6 is 11.6 Å². The molecule has 2 N–H and O–H groups in total. The van der Waals surface area contributed by atoms with Gasteiger partial charge in [-0.25, -0.2) is 4.98 Å². The maximum absolute atomic E-state index is 11.1. The van der Waals surface area contributed by atoms with Gasteiger partial charge in [0, 0.05) is 13.1 Å². The normalized spacial score (nSPS) is 9.94. The SMILES string of the molecule is CCNc1ncc(Cl)c(NCCC(=O)OCC)n1. The van der Waals surface area contributed by atoms with Gasteiger partial charge in [-0.15, -0.1) is 0 Å². The van der Waals surface area contributed by atoms with Crippen molar-refractivity contribution in [2.75, 3.05) is 30.3 Å². The molecule has 100 valence electrons. The summed E-state index contributed by atoms with van der Waals surface area (Å²) in [6.45, 7) is 5.25. The minimum absolute atomic E-state index is 0.248. The Bertz CT molecular complexity index is 401. The molecule has 0 atom stereocenters. The van der Waals surface area contributed by atoms with E-state index in [1.54, 1.807) is 6.92 Å². The first-order chi connectivity index (χ1) is 8.67. The summed E-state index contributed by atoms with van der Waals surface area (Å²) in [4.78, 5) is 19.4. The number of nitrogens with one attached hydrogen (secondary N) is 2. The monoisotopic (exact) mass is 272 g/mol. The van der Waals surface area contributed by atoms with Gasteiger partial charge in [0.1, 0.15) is 5.02 Å². The standard InChI is InChI=1S/C11H17ClN4O2/c1-3-13-11-15-7-8(12)10(16-11)14-6-5-9(17)18-4-2/h7H,3-6H2,1-2H3,(H2,13,14,15,16). The van der Waals surface area contributed by atoms with E-state index in [4.69, 9.17) is 16.3 Å². The van der Waals surface area contributed by atoms with Gasteiger partial charge in [0.25, 0.3) is 0 Å². The van der Waals surface area contributed by atoms with Crippen molar-refractivity contribution in [3.8, 4) is 0 Å². The van der Waals surface area contributed by atoms with E-state index in [0.717, 1.165) is 6.54 Å². The zero-order valence-electron chi connectivity index (χ0n) is 10.5. The predicted octanol–water partition coefficient (Wildman–Crippen LogP) is 1.93. The summed E-state index contributed by atoms with van der Waals surface area (Å²) in [6.07, 6.45) is 1.78. The summed E-state index contributed by atoms with van der Waals surface area (Å²) in [5.41, 5.74) is 0. The molecule has 1 aromatic heterocycles. The molecule has 0 saturated carbocycles. The van der Waals surface area contributed by atoms with Crippen molar-refractivity contribution in [3.05, 3.63) is 11.2 Å². The van der Waals surface area contributed by atoms with Gasteiger partial charge in [-0.2, -0.15) is 4.98 Å². The molecule has 0 unspecified atom stereocenters. The summed E-state index contributed by atoms with van der Waals surface area (Å²) < 4.78 is 4.82. The Hall–Kier alpha value is -1.56. The molecule has 18 heavy (non-hydrogen) atoms. The zero-order valence-corrected chi connectivity index (χ0v) is 11.3. The van der Waals surface area contributed by atoms with Crippen molar-refractivity contribution in [1.82, 2.24) is 9.97 Å². The number of rotatable bonds is 7. The highest BCUT2D eigenvalue weighted by Gasteiger charge is 2.06. The number of anilines is 2. The highest BCUT2D eigenvalue weighted by molar-refractivity contribution is 6.32. The van der Waals surface area contributed by atoms with Crippen LogP contribution < -0.4 is 10.6 Å². The van der Waals surface area contributed by atoms with Crippen LogP contribution in [0, 0.1) is 0 Å². The topological polar surface area (TPSA) is 76.1 Å². The van der Waals surface area contributed by atoms with Gasteiger partial charge < -0.3 is 15.4 Å². The van der Waals surface area contributed by atoms with Gasteiger partial charge in [0.05, 0.1) is 19.2 Å². The van der Waals surface area contributed by atoms with E-state index >= 15 is 0 Å². The van der Waals surface area contributed by atoms with Crippen LogP contribution in [0.4, 0.5) is 11.8 Å². The number of carbonyl (C=O) groups is 1. The number of hydrogen-bond donors (Lipinski definition) is 2. The number of aromatic nitrogens is 2. The number of esters is 1. The van der Waals surface area contributed by atoms with E-state index in [-0.39, 0.29) is 12.4 Å². The number of carbonyl (C=O) groups excluding carboxylic acids is 1. The summed E-state index contributed by atoms with van der Waals surface area (Å²) in [7, 11) is 0. The van der Waals surface area contributed by atoms with E-state index in [2.05, 4.69) is 20.6 Å². The van der Waals surface area contributed by atoms with Gasteiger partial charge in [-0.1, -0.05) is 11.6 Å². The fourth-order valence-corrected chi connectivity index (χ4v) is 1.41. The third-order valence-corrected chi connectivity index (χ3v) is 2.28. The van der Waals surface area contributed by atoms with Crippen LogP contribution in [0.25, 0.3) is 0 Å². The van der Waals surface area contributed by atoms with Crippen molar-refractivity contribution >= 4 is 29.3 Å². The Balaban J connectivity index is 2.50. The second-order valence-corrected chi connectivity index (χ2v) is 3.81. The molecule has 0 saturated heterocycles. The minimum atomic E-state index is -0.248. The molecule has 0 aromatic carbocycles.